The van der Waals surface area contributed by atoms with E-state index in [4.69, 9.17) is 16.3 Å². The highest BCUT2D eigenvalue weighted by atomic mass is 35.5. The van der Waals surface area contributed by atoms with Crippen LogP contribution in [0.25, 0.3) is 0 Å². The molecule has 116 valence electrons. The molecule has 4 nitrogen and oxygen atoms in total. The fourth-order valence-electron chi connectivity index (χ4n) is 2.66. The van der Waals surface area contributed by atoms with Gasteiger partial charge in [0.05, 0.1) is 24.1 Å². The lowest BCUT2D eigenvalue weighted by Crippen LogP contribution is -2.44. The Morgan fingerprint density at radius 1 is 1.27 bits per heavy atom. The van der Waals surface area contributed by atoms with Crippen LogP contribution in [0.3, 0.4) is 0 Å². The zero-order valence-electron chi connectivity index (χ0n) is 12.9. The number of nitrogens with zero attached hydrogens (tertiary/aromatic N) is 3. The Labute approximate surface area is 136 Å². The van der Waals surface area contributed by atoms with Crippen molar-refractivity contribution in [1.29, 1.82) is 0 Å². The van der Waals surface area contributed by atoms with Gasteiger partial charge in [-0.25, -0.2) is 0 Å². The van der Waals surface area contributed by atoms with Crippen molar-refractivity contribution in [3.8, 4) is 0 Å². The van der Waals surface area contributed by atoms with Crippen LogP contribution >= 0.6 is 11.6 Å². The molecular weight excluding hydrogens is 298 g/mol. The van der Waals surface area contributed by atoms with Crippen molar-refractivity contribution in [1.82, 2.24) is 14.9 Å². The summed E-state index contributed by atoms with van der Waals surface area (Å²) >= 11 is 6.30. The van der Waals surface area contributed by atoms with Crippen molar-refractivity contribution < 1.29 is 4.74 Å². The molecule has 0 amide bonds. The van der Waals surface area contributed by atoms with E-state index in [1.165, 1.54) is 0 Å². The van der Waals surface area contributed by atoms with Crippen molar-refractivity contribution in [2.45, 2.75) is 32.5 Å². The summed E-state index contributed by atoms with van der Waals surface area (Å²) in [6.45, 7) is 6.39. The average molecular weight is 318 g/mol. The Balaban J connectivity index is 1.74. The lowest BCUT2D eigenvalue weighted by atomic mass is 10.1. The van der Waals surface area contributed by atoms with Crippen LogP contribution in [0.2, 0.25) is 5.02 Å². The molecule has 0 N–H and O–H groups in total. The van der Waals surface area contributed by atoms with Crippen molar-refractivity contribution >= 4 is 11.6 Å². The van der Waals surface area contributed by atoms with Gasteiger partial charge in [0.1, 0.15) is 0 Å². The largest absolute Gasteiger partial charge is 0.371 e. The van der Waals surface area contributed by atoms with Gasteiger partial charge in [0.15, 0.2) is 0 Å². The molecule has 0 radical (unpaired) electrons. The zero-order valence-corrected chi connectivity index (χ0v) is 13.6. The third-order valence-corrected chi connectivity index (χ3v) is 4.36. The number of rotatable bonds is 3. The van der Waals surface area contributed by atoms with E-state index < -0.39 is 0 Å². The standard InChI is InChI=1S/C17H20ClN3O/c1-12-7-20-14(8-19-12)9-21-10-17(22-11-13(21)2)15-5-3-4-6-16(15)18/h3-8,13,17H,9-11H2,1-2H3/t13-,17-/m1/s1. The highest BCUT2D eigenvalue weighted by molar-refractivity contribution is 6.31. The van der Waals surface area contributed by atoms with Gasteiger partial charge in [0, 0.05) is 42.1 Å². The molecule has 3 rings (SSSR count). The minimum absolute atomic E-state index is 0.00306. The van der Waals surface area contributed by atoms with Gasteiger partial charge in [-0.2, -0.15) is 0 Å². The maximum Gasteiger partial charge on any atom is 0.0967 e. The first kappa shape index (κ1) is 15.4. The molecule has 2 aromatic rings. The fraction of sp³-hybridized carbons (Fsp3) is 0.412. The van der Waals surface area contributed by atoms with Gasteiger partial charge in [-0.05, 0) is 19.9 Å². The van der Waals surface area contributed by atoms with E-state index >= 15 is 0 Å². The number of aromatic nitrogens is 2. The Bertz CT molecular complexity index is 632. The van der Waals surface area contributed by atoms with Crippen LogP contribution in [0.15, 0.2) is 36.7 Å². The van der Waals surface area contributed by atoms with Crippen LogP contribution in [0.1, 0.15) is 30.0 Å². The molecule has 0 bridgehead atoms. The minimum Gasteiger partial charge on any atom is -0.371 e. The molecule has 22 heavy (non-hydrogen) atoms. The van der Waals surface area contributed by atoms with Gasteiger partial charge in [-0.15, -0.1) is 0 Å². The van der Waals surface area contributed by atoms with Crippen LogP contribution in [0.5, 0.6) is 0 Å². The number of hydrogen-bond donors (Lipinski definition) is 0. The molecule has 1 fully saturated rings. The summed E-state index contributed by atoms with van der Waals surface area (Å²) < 4.78 is 5.98. The summed E-state index contributed by atoms with van der Waals surface area (Å²) in [4.78, 5) is 11.1. The number of benzene rings is 1. The number of hydrogen-bond acceptors (Lipinski definition) is 4. The first-order chi connectivity index (χ1) is 10.6. The molecule has 1 aliphatic rings. The Morgan fingerprint density at radius 2 is 2.09 bits per heavy atom. The molecule has 1 saturated heterocycles. The van der Waals surface area contributed by atoms with Crippen molar-refractivity contribution in [3.05, 3.63) is 58.6 Å². The van der Waals surface area contributed by atoms with E-state index in [0.29, 0.717) is 12.6 Å². The highest BCUT2D eigenvalue weighted by Crippen LogP contribution is 2.30. The van der Waals surface area contributed by atoms with Gasteiger partial charge in [0.25, 0.3) is 0 Å². The van der Waals surface area contributed by atoms with E-state index in [9.17, 15) is 0 Å². The van der Waals surface area contributed by atoms with Gasteiger partial charge >= 0.3 is 0 Å². The van der Waals surface area contributed by atoms with Crippen LogP contribution < -0.4 is 0 Å². The number of halogens is 1. The molecular formula is C17H20ClN3O. The number of morpholine rings is 1. The third-order valence-electron chi connectivity index (χ3n) is 4.01. The predicted octanol–water partition coefficient (Wildman–Crippen LogP) is 3.40. The summed E-state index contributed by atoms with van der Waals surface area (Å²) in [5.41, 5.74) is 2.97. The quantitative estimate of drug-likeness (QED) is 0.869. The van der Waals surface area contributed by atoms with Crippen LogP contribution in [-0.4, -0.2) is 34.1 Å². The summed E-state index contributed by atoms with van der Waals surface area (Å²) in [6, 6.07) is 8.23. The Hall–Kier alpha value is -1.49. The molecule has 5 heteroatoms. The SMILES string of the molecule is Cc1cnc(CN2C[C@H](c3ccccc3Cl)OC[C@H]2C)cn1. The van der Waals surface area contributed by atoms with Crippen molar-refractivity contribution in [2.75, 3.05) is 13.2 Å². The van der Waals surface area contributed by atoms with E-state index in [-0.39, 0.29) is 6.10 Å². The van der Waals surface area contributed by atoms with E-state index in [2.05, 4.69) is 21.8 Å². The van der Waals surface area contributed by atoms with Crippen LogP contribution in [0, 0.1) is 6.92 Å². The van der Waals surface area contributed by atoms with Gasteiger partial charge in [-0.1, -0.05) is 29.8 Å². The number of ether oxygens (including phenoxy) is 1. The number of aryl methyl sites for hydroxylation is 1. The Morgan fingerprint density at radius 3 is 2.82 bits per heavy atom. The summed E-state index contributed by atoms with van der Waals surface area (Å²) in [5.74, 6) is 0. The average Bonchev–Trinajstić information content (AvgIpc) is 2.52. The molecule has 0 unspecified atom stereocenters. The maximum absolute atomic E-state index is 6.30. The molecule has 0 saturated carbocycles. The second-order valence-corrected chi connectivity index (χ2v) is 6.18. The topological polar surface area (TPSA) is 38.2 Å². The summed E-state index contributed by atoms with van der Waals surface area (Å²) in [5, 5.41) is 0.761. The Kier molecular flexibility index (Phi) is 4.71. The highest BCUT2D eigenvalue weighted by Gasteiger charge is 2.28. The lowest BCUT2D eigenvalue weighted by Gasteiger charge is -2.38. The third kappa shape index (κ3) is 3.46. The van der Waals surface area contributed by atoms with Crippen LogP contribution in [0.4, 0.5) is 0 Å². The van der Waals surface area contributed by atoms with Gasteiger partial charge in [-0.3, -0.25) is 14.9 Å². The lowest BCUT2D eigenvalue weighted by molar-refractivity contribution is -0.0636. The molecule has 1 aliphatic heterocycles. The first-order valence-electron chi connectivity index (χ1n) is 7.51. The summed E-state index contributed by atoms with van der Waals surface area (Å²) in [6.07, 6.45) is 3.66. The monoisotopic (exact) mass is 317 g/mol. The van der Waals surface area contributed by atoms with Crippen molar-refractivity contribution in [2.24, 2.45) is 0 Å². The van der Waals surface area contributed by atoms with Crippen LogP contribution in [-0.2, 0) is 11.3 Å². The first-order valence-corrected chi connectivity index (χ1v) is 7.89. The van der Waals surface area contributed by atoms with E-state index in [1.807, 2.05) is 43.6 Å². The minimum atomic E-state index is 0.00306. The maximum atomic E-state index is 6.30. The second-order valence-electron chi connectivity index (χ2n) is 5.77. The zero-order chi connectivity index (χ0) is 15.5. The van der Waals surface area contributed by atoms with E-state index in [0.717, 1.165) is 35.1 Å². The van der Waals surface area contributed by atoms with Gasteiger partial charge < -0.3 is 4.74 Å². The molecule has 1 aromatic carbocycles. The molecule has 2 atom stereocenters. The van der Waals surface area contributed by atoms with Gasteiger partial charge in [0.2, 0.25) is 0 Å². The molecule has 2 heterocycles. The molecule has 1 aromatic heterocycles. The van der Waals surface area contributed by atoms with Crippen molar-refractivity contribution in [3.63, 3.8) is 0 Å². The normalized spacial score (nSPS) is 22.7. The molecule has 0 aliphatic carbocycles. The van der Waals surface area contributed by atoms with E-state index in [1.54, 1.807) is 0 Å². The fourth-order valence-corrected chi connectivity index (χ4v) is 2.92. The molecule has 0 spiro atoms. The smallest absolute Gasteiger partial charge is 0.0967 e. The second kappa shape index (κ2) is 6.73. The summed E-state index contributed by atoms with van der Waals surface area (Å²) in [7, 11) is 0. The predicted molar refractivity (Wildman–Crippen MR) is 86.8 cm³/mol.